The van der Waals surface area contributed by atoms with Crippen molar-refractivity contribution in [3.8, 4) is 0 Å². The van der Waals surface area contributed by atoms with Crippen molar-refractivity contribution in [1.82, 2.24) is 20.5 Å². The minimum absolute atomic E-state index is 0. The van der Waals surface area contributed by atoms with E-state index in [2.05, 4.69) is 25.8 Å². The smallest absolute Gasteiger partial charge is 0.351 e. The predicted molar refractivity (Wildman–Crippen MR) is 108 cm³/mol. The van der Waals surface area contributed by atoms with E-state index in [0.29, 0.717) is 6.54 Å². The number of pyridine rings is 1. The molecule has 158 valence electrons. The minimum Gasteiger partial charge on any atom is -0.351 e. The van der Waals surface area contributed by atoms with Gasteiger partial charge >= 0.3 is 6.18 Å². The highest BCUT2D eigenvalue weighted by Gasteiger charge is 2.30. The Hall–Kier alpha value is -2.36. The van der Waals surface area contributed by atoms with Crippen LogP contribution in [0.3, 0.4) is 0 Å². The van der Waals surface area contributed by atoms with Crippen LogP contribution in [0.15, 0.2) is 42.6 Å². The average molecular weight is 430 g/mol. The number of aromatic nitrogens is 1. The standard InChI is InChI=1S/C19H22F3N5O.ClH/c20-19(21,22)14-3-1-4-15(13-14)26-17-16(5-2-6-24-17)18(28)25-9-12-27-10-7-23-8-11-27;/h1-6,13,23H,7-12H2,(H,24,26)(H,25,28);1H. The van der Waals surface area contributed by atoms with E-state index in [4.69, 9.17) is 0 Å². The van der Waals surface area contributed by atoms with Crippen LogP contribution >= 0.6 is 12.4 Å². The van der Waals surface area contributed by atoms with E-state index in [1.165, 1.54) is 18.3 Å². The van der Waals surface area contributed by atoms with Gasteiger partial charge in [-0.2, -0.15) is 13.2 Å². The lowest BCUT2D eigenvalue weighted by atomic mass is 10.2. The third kappa shape index (κ3) is 6.59. The summed E-state index contributed by atoms with van der Waals surface area (Å²) in [5.74, 6) is -0.112. The number of carbonyl (C=O) groups excluding carboxylic acids is 1. The third-order valence-corrected chi connectivity index (χ3v) is 4.43. The van der Waals surface area contributed by atoms with E-state index in [1.54, 1.807) is 12.1 Å². The molecule has 2 heterocycles. The highest BCUT2D eigenvalue weighted by molar-refractivity contribution is 5.99. The van der Waals surface area contributed by atoms with Gasteiger partial charge < -0.3 is 16.0 Å². The molecule has 0 unspecified atom stereocenters. The quantitative estimate of drug-likeness (QED) is 0.658. The molecule has 29 heavy (non-hydrogen) atoms. The fourth-order valence-corrected chi connectivity index (χ4v) is 2.96. The van der Waals surface area contributed by atoms with Gasteiger partial charge in [-0.05, 0) is 30.3 Å². The summed E-state index contributed by atoms with van der Waals surface area (Å²) in [6, 6.07) is 7.98. The van der Waals surface area contributed by atoms with Gasteiger partial charge in [-0.15, -0.1) is 12.4 Å². The van der Waals surface area contributed by atoms with Gasteiger partial charge in [0.2, 0.25) is 0 Å². The molecular formula is C19H23ClF3N5O. The molecule has 1 aliphatic rings. The fourth-order valence-electron chi connectivity index (χ4n) is 2.96. The highest BCUT2D eigenvalue weighted by atomic mass is 35.5. The summed E-state index contributed by atoms with van der Waals surface area (Å²) < 4.78 is 38.7. The third-order valence-electron chi connectivity index (χ3n) is 4.43. The molecule has 10 heteroatoms. The summed E-state index contributed by atoms with van der Waals surface area (Å²) in [5.41, 5.74) is -0.279. The van der Waals surface area contributed by atoms with Crippen molar-refractivity contribution in [2.24, 2.45) is 0 Å². The van der Waals surface area contributed by atoms with Gasteiger partial charge in [0.15, 0.2) is 0 Å². The van der Waals surface area contributed by atoms with Crippen LogP contribution in [-0.2, 0) is 6.18 Å². The number of piperazine rings is 1. The van der Waals surface area contributed by atoms with Crippen molar-refractivity contribution in [3.05, 3.63) is 53.7 Å². The summed E-state index contributed by atoms with van der Waals surface area (Å²) in [6.07, 6.45) is -2.96. The molecule has 2 aromatic rings. The number of amides is 1. The Morgan fingerprint density at radius 3 is 2.66 bits per heavy atom. The number of carbonyl (C=O) groups is 1. The SMILES string of the molecule is Cl.O=C(NCCN1CCNCC1)c1cccnc1Nc1cccc(C(F)(F)F)c1. The number of alkyl halides is 3. The second-order valence-electron chi connectivity index (χ2n) is 6.45. The van der Waals surface area contributed by atoms with Crippen molar-refractivity contribution in [2.75, 3.05) is 44.6 Å². The van der Waals surface area contributed by atoms with Gasteiger partial charge in [0, 0.05) is 51.2 Å². The van der Waals surface area contributed by atoms with Crippen molar-refractivity contribution in [2.45, 2.75) is 6.18 Å². The summed E-state index contributed by atoms with van der Waals surface area (Å²) >= 11 is 0. The fraction of sp³-hybridized carbons (Fsp3) is 0.368. The molecule has 1 amide bonds. The Kier molecular flexibility index (Phi) is 8.24. The van der Waals surface area contributed by atoms with Crippen molar-refractivity contribution < 1.29 is 18.0 Å². The molecule has 1 aromatic heterocycles. The molecule has 0 radical (unpaired) electrons. The second-order valence-corrected chi connectivity index (χ2v) is 6.45. The molecule has 1 aromatic carbocycles. The molecule has 3 rings (SSSR count). The number of halogens is 4. The highest BCUT2D eigenvalue weighted by Crippen LogP contribution is 2.31. The van der Waals surface area contributed by atoms with Gasteiger partial charge in [0.25, 0.3) is 5.91 Å². The maximum Gasteiger partial charge on any atom is 0.416 e. The molecule has 0 bridgehead atoms. The Morgan fingerprint density at radius 1 is 1.17 bits per heavy atom. The van der Waals surface area contributed by atoms with Gasteiger partial charge in [-0.25, -0.2) is 4.98 Å². The van der Waals surface area contributed by atoms with E-state index in [0.717, 1.165) is 44.9 Å². The molecule has 0 atom stereocenters. The van der Waals surface area contributed by atoms with Crippen molar-refractivity contribution in [3.63, 3.8) is 0 Å². The first-order valence-corrected chi connectivity index (χ1v) is 9.04. The maximum atomic E-state index is 12.9. The van der Waals surface area contributed by atoms with Crippen molar-refractivity contribution in [1.29, 1.82) is 0 Å². The molecule has 1 aliphatic heterocycles. The zero-order valence-electron chi connectivity index (χ0n) is 15.6. The molecule has 6 nitrogen and oxygen atoms in total. The van der Waals surface area contributed by atoms with Crippen LogP contribution in [0.25, 0.3) is 0 Å². The van der Waals surface area contributed by atoms with Crippen LogP contribution in [0.4, 0.5) is 24.7 Å². The molecule has 1 saturated heterocycles. The molecule has 3 N–H and O–H groups in total. The average Bonchev–Trinajstić information content (AvgIpc) is 2.69. The maximum absolute atomic E-state index is 12.9. The van der Waals surface area contributed by atoms with Gasteiger partial charge in [-0.1, -0.05) is 6.07 Å². The number of nitrogens with zero attached hydrogens (tertiary/aromatic N) is 2. The van der Waals surface area contributed by atoms with Crippen LogP contribution < -0.4 is 16.0 Å². The zero-order valence-corrected chi connectivity index (χ0v) is 16.4. The number of rotatable bonds is 6. The first-order valence-electron chi connectivity index (χ1n) is 9.04. The monoisotopic (exact) mass is 429 g/mol. The topological polar surface area (TPSA) is 69.3 Å². The number of benzene rings is 1. The number of hydrogen-bond acceptors (Lipinski definition) is 5. The van der Waals surface area contributed by atoms with Crippen LogP contribution in [0.2, 0.25) is 0 Å². The lowest BCUT2D eigenvalue weighted by Gasteiger charge is -2.27. The molecule has 0 aliphatic carbocycles. The Labute approximate surface area is 173 Å². The first kappa shape index (κ1) is 22.9. The summed E-state index contributed by atoms with van der Waals surface area (Å²) in [7, 11) is 0. The van der Waals surface area contributed by atoms with E-state index in [1.807, 2.05) is 0 Å². The summed E-state index contributed by atoms with van der Waals surface area (Å²) in [6.45, 7) is 4.96. The van der Waals surface area contributed by atoms with Crippen LogP contribution in [-0.4, -0.2) is 55.1 Å². The second kappa shape index (κ2) is 10.4. The van der Waals surface area contributed by atoms with Gasteiger partial charge in [-0.3, -0.25) is 9.69 Å². The van der Waals surface area contributed by atoms with Gasteiger partial charge in [0.05, 0.1) is 11.1 Å². The predicted octanol–water partition coefficient (Wildman–Crippen LogP) is 2.90. The lowest BCUT2D eigenvalue weighted by Crippen LogP contribution is -2.46. The Morgan fingerprint density at radius 2 is 1.93 bits per heavy atom. The molecular weight excluding hydrogens is 407 g/mol. The first-order chi connectivity index (χ1) is 13.4. The lowest BCUT2D eigenvalue weighted by molar-refractivity contribution is -0.137. The van der Waals surface area contributed by atoms with E-state index in [9.17, 15) is 18.0 Å². The number of hydrogen-bond donors (Lipinski definition) is 3. The molecule has 1 fully saturated rings. The molecule has 0 spiro atoms. The largest absolute Gasteiger partial charge is 0.416 e. The van der Waals surface area contributed by atoms with E-state index >= 15 is 0 Å². The minimum atomic E-state index is -4.44. The van der Waals surface area contributed by atoms with Crippen molar-refractivity contribution >= 4 is 29.8 Å². The number of nitrogens with one attached hydrogen (secondary N) is 3. The summed E-state index contributed by atoms with van der Waals surface area (Å²) in [5, 5.41) is 8.93. The van der Waals surface area contributed by atoms with Crippen LogP contribution in [0.1, 0.15) is 15.9 Å². The summed E-state index contributed by atoms with van der Waals surface area (Å²) in [4.78, 5) is 18.9. The molecule has 0 saturated carbocycles. The Balaban J connectivity index is 0.00000300. The normalized spacial score (nSPS) is 14.7. The Bertz CT molecular complexity index is 812. The van der Waals surface area contributed by atoms with Crippen LogP contribution in [0.5, 0.6) is 0 Å². The van der Waals surface area contributed by atoms with E-state index in [-0.39, 0.29) is 35.4 Å². The van der Waals surface area contributed by atoms with Gasteiger partial charge in [0.1, 0.15) is 5.82 Å². The van der Waals surface area contributed by atoms with Crippen LogP contribution in [0, 0.1) is 0 Å². The van der Waals surface area contributed by atoms with E-state index < -0.39 is 11.7 Å². The zero-order chi connectivity index (χ0) is 20.0. The number of anilines is 2.